The van der Waals surface area contributed by atoms with E-state index in [1.165, 1.54) is 32.1 Å². The number of ether oxygens (including phenoxy) is 1. The van der Waals surface area contributed by atoms with Crippen molar-refractivity contribution in [3.8, 4) is 28.2 Å². The number of benzene rings is 3. The Morgan fingerprint density at radius 1 is 0.636 bits per heavy atom. The maximum Gasteiger partial charge on any atom is 0.219 e. The zero-order valence-electron chi connectivity index (χ0n) is 18.1. The molecule has 3 aromatic carbocycles. The van der Waals surface area contributed by atoms with Crippen LogP contribution in [-0.4, -0.2) is 9.97 Å². The Kier molecular flexibility index (Phi) is 4.90. The molecule has 0 aliphatic carbocycles. The van der Waals surface area contributed by atoms with Gasteiger partial charge in [-0.15, -0.1) is 0 Å². The standard InChI is InChI=1S/C29H21N2OP/c1-20-14-16-31-29(17-20)33-26-10-3-2-9-24(26)25-13-12-22(19-27(25)33)21-7-6-8-23(18-21)32-28-11-4-5-15-30-28/h2-19H,1H3. The van der Waals surface area contributed by atoms with Crippen molar-refractivity contribution in [3.63, 3.8) is 0 Å². The van der Waals surface area contributed by atoms with Gasteiger partial charge in [0.25, 0.3) is 0 Å². The maximum atomic E-state index is 5.97. The third-order valence-electron chi connectivity index (χ3n) is 5.83. The molecule has 3 aromatic heterocycles. The molecule has 3 heterocycles. The lowest BCUT2D eigenvalue weighted by atomic mass is 10.0. The monoisotopic (exact) mass is 444 g/mol. The summed E-state index contributed by atoms with van der Waals surface area (Å²) in [6.45, 7) is 2.13. The van der Waals surface area contributed by atoms with Gasteiger partial charge >= 0.3 is 0 Å². The van der Waals surface area contributed by atoms with Crippen LogP contribution in [0.25, 0.3) is 37.6 Å². The molecule has 0 saturated heterocycles. The average Bonchev–Trinajstić information content (AvgIpc) is 3.18. The van der Waals surface area contributed by atoms with Crippen molar-refractivity contribution in [1.29, 1.82) is 0 Å². The van der Waals surface area contributed by atoms with Gasteiger partial charge in [0.15, 0.2) is 0 Å². The van der Waals surface area contributed by atoms with Crippen LogP contribution in [0.15, 0.2) is 109 Å². The Bertz CT molecular complexity index is 1610. The fourth-order valence-corrected chi connectivity index (χ4v) is 6.95. The van der Waals surface area contributed by atoms with Crippen molar-refractivity contribution in [1.82, 2.24) is 9.97 Å². The molecule has 1 unspecified atom stereocenters. The predicted molar refractivity (Wildman–Crippen MR) is 138 cm³/mol. The Morgan fingerprint density at radius 3 is 2.36 bits per heavy atom. The van der Waals surface area contributed by atoms with Crippen LogP contribution in [0, 0.1) is 6.92 Å². The second-order valence-electron chi connectivity index (χ2n) is 8.07. The van der Waals surface area contributed by atoms with Crippen molar-refractivity contribution in [2.45, 2.75) is 6.92 Å². The molecule has 0 bridgehead atoms. The van der Waals surface area contributed by atoms with E-state index in [2.05, 4.69) is 78.6 Å². The molecule has 0 spiro atoms. The lowest BCUT2D eigenvalue weighted by Gasteiger charge is -2.08. The van der Waals surface area contributed by atoms with Crippen LogP contribution < -0.4 is 4.74 Å². The van der Waals surface area contributed by atoms with E-state index in [0.717, 1.165) is 16.7 Å². The fraction of sp³-hybridized carbons (Fsp3) is 0.0345. The number of hydrogen-bond donors (Lipinski definition) is 0. The molecule has 1 atom stereocenters. The number of rotatable bonds is 4. The lowest BCUT2D eigenvalue weighted by molar-refractivity contribution is 0.463. The summed E-state index contributed by atoms with van der Waals surface area (Å²) in [5.41, 5.74) is 4.69. The third-order valence-corrected chi connectivity index (χ3v) is 8.26. The van der Waals surface area contributed by atoms with Gasteiger partial charge in [-0.05, 0) is 76.9 Å². The van der Waals surface area contributed by atoms with Crippen molar-refractivity contribution in [3.05, 3.63) is 115 Å². The summed E-state index contributed by atoms with van der Waals surface area (Å²) in [5, 5.41) is 5.37. The van der Waals surface area contributed by atoms with Crippen molar-refractivity contribution < 1.29 is 4.74 Å². The SMILES string of the molecule is Cc1ccnc(-p2c3ccccc3c3ccc(-c4cccc(Oc5ccccn5)c4)cc32)c1. The molecule has 6 aromatic rings. The molecule has 0 N–H and O–H groups in total. The summed E-state index contributed by atoms with van der Waals surface area (Å²) in [4.78, 5) is 9.06. The summed E-state index contributed by atoms with van der Waals surface area (Å²) >= 11 is 0. The van der Waals surface area contributed by atoms with Crippen molar-refractivity contribution >= 4 is 28.5 Å². The smallest absolute Gasteiger partial charge is 0.219 e. The van der Waals surface area contributed by atoms with E-state index in [9.17, 15) is 0 Å². The predicted octanol–water partition coefficient (Wildman–Crippen LogP) is 8.53. The van der Waals surface area contributed by atoms with Gasteiger partial charge in [-0.2, -0.15) is 0 Å². The quantitative estimate of drug-likeness (QED) is 0.273. The molecule has 0 radical (unpaired) electrons. The van der Waals surface area contributed by atoms with Gasteiger partial charge in [-0.25, -0.2) is 4.98 Å². The Hall–Kier alpha value is -3.94. The zero-order chi connectivity index (χ0) is 22.2. The molecular formula is C29H21N2OP. The van der Waals surface area contributed by atoms with Crippen LogP contribution in [0.3, 0.4) is 0 Å². The fourth-order valence-electron chi connectivity index (χ4n) is 4.31. The van der Waals surface area contributed by atoms with Gasteiger partial charge in [0.1, 0.15) is 5.75 Å². The summed E-state index contributed by atoms with van der Waals surface area (Å²) < 4.78 is 5.97. The first-order valence-electron chi connectivity index (χ1n) is 10.9. The van der Waals surface area contributed by atoms with E-state index in [0.29, 0.717) is 5.88 Å². The summed E-state index contributed by atoms with van der Waals surface area (Å²) in [6, 6.07) is 33.7. The van der Waals surface area contributed by atoms with E-state index in [-0.39, 0.29) is 0 Å². The van der Waals surface area contributed by atoms with Gasteiger partial charge in [0.05, 0.1) is 5.44 Å². The molecule has 158 valence electrons. The number of pyridine rings is 2. The van der Waals surface area contributed by atoms with E-state index in [1.807, 2.05) is 36.5 Å². The Balaban J connectivity index is 1.51. The van der Waals surface area contributed by atoms with Crippen LogP contribution >= 0.6 is 7.53 Å². The third kappa shape index (κ3) is 3.67. The number of fused-ring (bicyclic) bond motifs is 3. The highest BCUT2D eigenvalue weighted by Gasteiger charge is 2.15. The first kappa shape index (κ1) is 19.7. The lowest BCUT2D eigenvalue weighted by Crippen LogP contribution is -1.87. The Labute approximate surface area is 193 Å². The van der Waals surface area contributed by atoms with E-state index >= 15 is 0 Å². The minimum atomic E-state index is -0.694. The number of nitrogens with zero attached hydrogens (tertiary/aromatic N) is 2. The summed E-state index contributed by atoms with van der Waals surface area (Å²) in [6.07, 6.45) is 3.66. The summed E-state index contributed by atoms with van der Waals surface area (Å²) in [5.74, 6) is 1.37. The molecule has 33 heavy (non-hydrogen) atoms. The normalized spacial score (nSPS) is 11.7. The number of hydrogen-bond acceptors (Lipinski definition) is 3. The van der Waals surface area contributed by atoms with Crippen molar-refractivity contribution in [2.24, 2.45) is 0 Å². The average molecular weight is 444 g/mol. The van der Waals surface area contributed by atoms with Gasteiger partial charge in [0, 0.05) is 28.7 Å². The minimum absolute atomic E-state index is 0.591. The molecule has 0 aliphatic heterocycles. The molecule has 0 aliphatic rings. The highest BCUT2D eigenvalue weighted by atomic mass is 31.1. The van der Waals surface area contributed by atoms with Gasteiger partial charge in [0.2, 0.25) is 5.88 Å². The van der Waals surface area contributed by atoms with Crippen LogP contribution in [0.4, 0.5) is 0 Å². The number of aromatic nitrogens is 2. The second kappa shape index (κ2) is 8.20. The Morgan fingerprint density at radius 2 is 1.48 bits per heavy atom. The minimum Gasteiger partial charge on any atom is -0.439 e. The van der Waals surface area contributed by atoms with E-state index < -0.39 is 7.53 Å². The molecule has 6 rings (SSSR count). The largest absolute Gasteiger partial charge is 0.439 e. The van der Waals surface area contributed by atoms with Crippen LogP contribution in [0.5, 0.6) is 11.6 Å². The first-order valence-corrected chi connectivity index (χ1v) is 12.3. The molecule has 0 fully saturated rings. The van der Waals surface area contributed by atoms with Crippen LogP contribution in [0.1, 0.15) is 5.56 Å². The topological polar surface area (TPSA) is 35.0 Å². The van der Waals surface area contributed by atoms with Gasteiger partial charge in [-0.3, -0.25) is 4.98 Å². The van der Waals surface area contributed by atoms with Crippen LogP contribution in [0.2, 0.25) is 0 Å². The molecule has 3 nitrogen and oxygen atoms in total. The van der Waals surface area contributed by atoms with Crippen molar-refractivity contribution in [2.75, 3.05) is 0 Å². The van der Waals surface area contributed by atoms with E-state index in [4.69, 9.17) is 9.72 Å². The second-order valence-corrected chi connectivity index (χ2v) is 10.2. The van der Waals surface area contributed by atoms with Gasteiger partial charge in [-0.1, -0.05) is 56.1 Å². The first-order chi connectivity index (χ1) is 16.3. The molecular weight excluding hydrogens is 423 g/mol. The summed E-state index contributed by atoms with van der Waals surface area (Å²) in [7, 11) is -0.694. The van der Waals surface area contributed by atoms with Crippen LogP contribution in [-0.2, 0) is 0 Å². The zero-order valence-corrected chi connectivity index (χ0v) is 19.0. The molecule has 0 amide bonds. The molecule has 0 saturated carbocycles. The number of aryl methyl sites for hydroxylation is 1. The van der Waals surface area contributed by atoms with E-state index in [1.54, 1.807) is 6.20 Å². The maximum absolute atomic E-state index is 5.97. The van der Waals surface area contributed by atoms with Gasteiger partial charge < -0.3 is 4.74 Å². The highest BCUT2D eigenvalue weighted by Crippen LogP contribution is 2.55. The highest BCUT2D eigenvalue weighted by molar-refractivity contribution is 7.67. The molecule has 4 heteroatoms.